The summed E-state index contributed by atoms with van der Waals surface area (Å²) in [5, 5.41) is 23.4. The number of para-hydroxylation sites is 1. The van der Waals surface area contributed by atoms with Crippen LogP contribution in [-0.2, 0) is 14.4 Å². The number of halogens is 1. The number of hydrogen-bond acceptors (Lipinski definition) is 5. The van der Waals surface area contributed by atoms with Crippen molar-refractivity contribution in [2.75, 3.05) is 4.90 Å². The van der Waals surface area contributed by atoms with E-state index in [1.165, 1.54) is 6.07 Å². The standard InChI is InChI=1S/C21H19BrN2O5/c1-2-21(20(28)29)16-15(17(23-21)13-5-3-4-6-14(13)25)18(26)24(19(16)27)12-9-7-11(22)8-10-12/h3-10,15-17,23,25H,2H2,1H3,(H,28,29)/t15-,16+,17+,21-/m0/s1. The zero-order chi connectivity index (χ0) is 20.9. The third-order valence-electron chi connectivity index (χ3n) is 5.95. The molecule has 2 saturated heterocycles. The fourth-order valence-corrected chi connectivity index (χ4v) is 4.80. The molecule has 2 amide bonds. The normalized spacial score (nSPS) is 28.6. The molecule has 0 radical (unpaired) electrons. The number of carbonyl (C=O) groups is 3. The monoisotopic (exact) mass is 458 g/mol. The van der Waals surface area contributed by atoms with E-state index in [2.05, 4.69) is 21.2 Å². The molecule has 150 valence electrons. The van der Waals surface area contributed by atoms with Gasteiger partial charge in [0.1, 0.15) is 11.3 Å². The quantitative estimate of drug-likeness (QED) is 0.608. The number of phenolic OH excluding ortho intramolecular Hbond substituents is 1. The van der Waals surface area contributed by atoms with Gasteiger partial charge in [0.25, 0.3) is 0 Å². The number of rotatable bonds is 4. The minimum Gasteiger partial charge on any atom is -0.508 e. The van der Waals surface area contributed by atoms with Crippen LogP contribution in [0.4, 0.5) is 5.69 Å². The molecule has 3 N–H and O–H groups in total. The highest BCUT2D eigenvalue weighted by Gasteiger charge is 2.68. The van der Waals surface area contributed by atoms with Gasteiger partial charge in [-0.15, -0.1) is 0 Å². The van der Waals surface area contributed by atoms with E-state index in [0.29, 0.717) is 11.3 Å². The van der Waals surface area contributed by atoms with Gasteiger partial charge in [-0.25, -0.2) is 4.90 Å². The number of imide groups is 1. The Morgan fingerprint density at radius 1 is 1.14 bits per heavy atom. The molecule has 29 heavy (non-hydrogen) atoms. The van der Waals surface area contributed by atoms with E-state index in [-0.39, 0.29) is 12.2 Å². The van der Waals surface area contributed by atoms with Gasteiger partial charge >= 0.3 is 5.97 Å². The van der Waals surface area contributed by atoms with Crippen LogP contribution in [0.5, 0.6) is 5.75 Å². The number of hydrogen-bond donors (Lipinski definition) is 3. The number of amides is 2. The third kappa shape index (κ3) is 2.78. The second-order valence-corrected chi connectivity index (χ2v) is 8.22. The van der Waals surface area contributed by atoms with Gasteiger partial charge in [0, 0.05) is 16.1 Å². The number of aliphatic carboxylic acids is 1. The molecule has 0 spiro atoms. The lowest BCUT2D eigenvalue weighted by molar-refractivity contribution is -0.149. The second kappa shape index (κ2) is 6.96. The molecule has 2 aromatic carbocycles. The maximum atomic E-state index is 13.4. The highest BCUT2D eigenvalue weighted by molar-refractivity contribution is 9.10. The Bertz CT molecular complexity index is 1010. The first-order chi connectivity index (χ1) is 13.8. The first-order valence-corrected chi connectivity index (χ1v) is 10.0. The Kier molecular flexibility index (Phi) is 4.71. The van der Waals surface area contributed by atoms with Crippen LogP contribution in [0.3, 0.4) is 0 Å². The molecule has 7 nitrogen and oxygen atoms in total. The van der Waals surface area contributed by atoms with E-state index >= 15 is 0 Å². The van der Waals surface area contributed by atoms with Crippen molar-refractivity contribution in [3.8, 4) is 5.75 Å². The largest absolute Gasteiger partial charge is 0.508 e. The van der Waals surface area contributed by atoms with Gasteiger partial charge in [0.2, 0.25) is 11.8 Å². The summed E-state index contributed by atoms with van der Waals surface area (Å²) in [6.07, 6.45) is 0.112. The highest BCUT2D eigenvalue weighted by atomic mass is 79.9. The Balaban J connectivity index is 1.86. The molecule has 4 rings (SSSR count). The summed E-state index contributed by atoms with van der Waals surface area (Å²) in [5.41, 5.74) is -0.809. The molecule has 0 saturated carbocycles. The molecule has 0 bridgehead atoms. The number of nitrogens with zero attached hydrogens (tertiary/aromatic N) is 1. The van der Waals surface area contributed by atoms with E-state index in [1.54, 1.807) is 49.4 Å². The van der Waals surface area contributed by atoms with Gasteiger partial charge < -0.3 is 10.2 Å². The van der Waals surface area contributed by atoms with E-state index < -0.39 is 41.2 Å². The Morgan fingerprint density at radius 2 is 1.79 bits per heavy atom. The zero-order valence-corrected chi connectivity index (χ0v) is 17.1. The molecule has 2 fully saturated rings. The second-order valence-electron chi connectivity index (χ2n) is 7.30. The predicted molar refractivity (Wildman–Crippen MR) is 108 cm³/mol. The molecule has 8 heteroatoms. The van der Waals surface area contributed by atoms with Crippen molar-refractivity contribution >= 4 is 39.4 Å². The summed E-state index contributed by atoms with van der Waals surface area (Å²) < 4.78 is 0.794. The van der Waals surface area contributed by atoms with E-state index in [9.17, 15) is 24.6 Å². The van der Waals surface area contributed by atoms with Crippen LogP contribution in [0.1, 0.15) is 24.9 Å². The van der Waals surface area contributed by atoms with Crippen molar-refractivity contribution in [1.82, 2.24) is 5.32 Å². The number of anilines is 1. The molecular formula is C21H19BrN2O5. The van der Waals surface area contributed by atoms with Crippen molar-refractivity contribution in [3.05, 3.63) is 58.6 Å². The lowest BCUT2D eigenvalue weighted by Crippen LogP contribution is -2.55. The SMILES string of the molecule is CC[C@]1(C(=O)O)N[C@H](c2ccccc2O)[C@H]2C(=O)N(c3ccc(Br)cc3)C(=O)[C@@H]21. The summed E-state index contributed by atoms with van der Waals surface area (Å²) in [6, 6.07) is 12.4. The van der Waals surface area contributed by atoms with Crippen molar-refractivity contribution in [2.45, 2.75) is 24.9 Å². The van der Waals surface area contributed by atoms with Crippen LogP contribution in [0, 0.1) is 11.8 Å². The number of benzene rings is 2. The van der Waals surface area contributed by atoms with Crippen LogP contribution in [-0.4, -0.2) is 33.5 Å². The fourth-order valence-electron chi connectivity index (χ4n) is 4.54. The fraction of sp³-hybridized carbons (Fsp3) is 0.286. The first-order valence-electron chi connectivity index (χ1n) is 9.24. The number of carbonyl (C=O) groups excluding carboxylic acids is 2. The van der Waals surface area contributed by atoms with E-state index in [4.69, 9.17) is 0 Å². The van der Waals surface area contributed by atoms with Crippen LogP contribution in [0.25, 0.3) is 0 Å². The maximum Gasteiger partial charge on any atom is 0.324 e. The molecule has 2 aliphatic heterocycles. The number of carboxylic acid groups (broad SMARTS) is 1. The van der Waals surface area contributed by atoms with Crippen LogP contribution < -0.4 is 10.2 Å². The van der Waals surface area contributed by atoms with Gasteiger partial charge in [-0.3, -0.25) is 19.7 Å². The lowest BCUT2D eigenvalue weighted by atomic mass is 9.78. The first kappa shape index (κ1) is 19.6. The van der Waals surface area contributed by atoms with Gasteiger partial charge in [-0.2, -0.15) is 0 Å². The highest BCUT2D eigenvalue weighted by Crippen LogP contribution is 2.52. The third-order valence-corrected chi connectivity index (χ3v) is 6.48. The molecule has 2 aromatic rings. The minimum absolute atomic E-state index is 0.0524. The number of carboxylic acids is 1. The molecule has 0 aromatic heterocycles. The number of aromatic hydroxyl groups is 1. The molecular weight excluding hydrogens is 440 g/mol. The van der Waals surface area contributed by atoms with Crippen LogP contribution >= 0.6 is 15.9 Å². The number of nitrogens with one attached hydrogen (secondary N) is 1. The minimum atomic E-state index is -1.60. The Morgan fingerprint density at radius 3 is 2.38 bits per heavy atom. The van der Waals surface area contributed by atoms with Crippen molar-refractivity contribution < 1.29 is 24.6 Å². The lowest BCUT2D eigenvalue weighted by Gasteiger charge is -2.30. The topological polar surface area (TPSA) is 107 Å². The number of fused-ring (bicyclic) bond motifs is 1. The van der Waals surface area contributed by atoms with Crippen LogP contribution in [0.15, 0.2) is 53.0 Å². The average molecular weight is 459 g/mol. The predicted octanol–water partition coefficient (Wildman–Crippen LogP) is 2.84. The Labute approximate surface area is 175 Å². The number of phenols is 1. The van der Waals surface area contributed by atoms with Gasteiger partial charge in [0.15, 0.2) is 0 Å². The summed E-state index contributed by atoms with van der Waals surface area (Å²) >= 11 is 3.33. The molecule has 0 unspecified atom stereocenters. The summed E-state index contributed by atoms with van der Waals surface area (Å²) in [7, 11) is 0. The zero-order valence-electron chi connectivity index (χ0n) is 15.5. The summed E-state index contributed by atoms with van der Waals surface area (Å²) in [4.78, 5) is 40.1. The van der Waals surface area contributed by atoms with Gasteiger partial charge in [-0.1, -0.05) is 41.1 Å². The maximum absolute atomic E-state index is 13.4. The smallest absolute Gasteiger partial charge is 0.324 e. The Hall–Kier alpha value is -2.71. The molecule has 0 aliphatic carbocycles. The van der Waals surface area contributed by atoms with Crippen molar-refractivity contribution in [1.29, 1.82) is 0 Å². The molecule has 2 aliphatic rings. The molecule has 2 heterocycles. The van der Waals surface area contributed by atoms with Gasteiger partial charge in [0.05, 0.1) is 17.5 Å². The van der Waals surface area contributed by atoms with Crippen molar-refractivity contribution in [2.24, 2.45) is 11.8 Å². The van der Waals surface area contributed by atoms with E-state index in [0.717, 1.165) is 9.37 Å². The van der Waals surface area contributed by atoms with Crippen LogP contribution in [0.2, 0.25) is 0 Å². The van der Waals surface area contributed by atoms with Gasteiger partial charge in [-0.05, 0) is 36.8 Å². The van der Waals surface area contributed by atoms with E-state index in [1.807, 2.05) is 0 Å². The van der Waals surface area contributed by atoms with Crippen molar-refractivity contribution in [3.63, 3.8) is 0 Å². The average Bonchev–Trinajstić information content (AvgIpc) is 3.18. The summed E-state index contributed by atoms with van der Waals surface area (Å²) in [5.74, 6) is -4.27. The summed E-state index contributed by atoms with van der Waals surface area (Å²) in [6.45, 7) is 1.67. The molecule has 4 atom stereocenters.